The van der Waals surface area contributed by atoms with Crippen LogP contribution >= 0.6 is 27.5 Å². The fourth-order valence-electron chi connectivity index (χ4n) is 3.27. The second-order valence-electron chi connectivity index (χ2n) is 7.83. The van der Waals surface area contributed by atoms with Crippen LogP contribution in [0.25, 0.3) is 0 Å². The highest BCUT2D eigenvalue weighted by Crippen LogP contribution is 2.36. The van der Waals surface area contributed by atoms with Crippen molar-refractivity contribution in [2.45, 2.75) is 13.8 Å². The second kappa shape index (κ2) is 13.7. The standard InChI is InChI=1S/C27H27BrClN3O6/c1-5-37-22-9-7-18(12-23(22)35-3)27(34)32-30-14-17-10-20(28)26(24(11-17)36-4)38-15-25(33)31-19-8-6-16(2)21(29)13-19/h6-14H,5,15H2,1-4H3,(H,31,33)(H,32,34)/b30-14+. The third kappa shape index (κ3) is 7.62. The summed E-state index contributed by atoms with van der Waals surface area (Å²) in [6.07, 6.45) is 1.45. The highest BCUT2D eigenvalue weighted by molar-refractivity contribution is 9.10. The van der Waals surface area contributed by atoms with Crippen molar-refractivity contribution in [2.75, 3.05) is 32.8 Å². The predicted octanol–water partition coefficient (Wildman–Crippen LogP) is 5.61. The Kier molecular flexibility index (Phi) is 10.4. The van der Waals surface area contributed by atoms with E-state index in [1.54, 1.807) is 42.5 Å². The Bertz CT molecular complexity index is 1350. The van der Waals surface area contributed by atoms with Gasteiger partial charge in [-0.2, -0.15) is 5.10 Å². The number of anilines is 1. The van der Waals surface area contributed by atoms with Gasteiger partial charge in [-0.1, -0.05) is 17.7 Å². The van der Waals surface area contributed by atoms with Crippen molar-refractivity contribution in [3.63, 3.8) is 0 Å². The summed E-state index contributed by atoms with van der Waals surface area (Å²) < 4.78 is 22.4. The van der Waals surface area contributed by atoms with E-state index in [0.717, 1.165) is 5.56 Å². The SMILES string of the molecule is CCOc1ccc(C(=O)N/N=C/c2cc(Br)c(OCC(=O)Nc3ccc(C)c(Cl)c3)c(OC)c2)cc1OC. The van der Waals surface area contributed by atoms with Crippen molar-refractivity contribution in [1.82, 2.24) is 5.43 Å². The summed E-state index contributed by atoms with van der Waals surface area (Å²) in [5.74, 6) is 0.921. The molecule has 0 aromatic heterocycles. The van der Waals surface area contributed by atoms with Crippen LogP contribution in [0.3, 0.4) is 0 Å². The van der Waals surface area contributed by atoms with Gasteiger partial charge in [0.1, 0.15) is 0 Å². The quantitative estimate of drug-likeness (QED) is 0.218. The minimum absolute atomic E-state index is 0.254. The molecule has 38 heavy (non-hydrogen) atoms. The number of methoxy groups -OCH3 is 2. The number of hydrazone groups is 1. The number of halogens is 2. The van der Waals surface area contributed by atoms with Crippen molar-refractivity contribution < 1.29 is 28.5 Å². The first kappa shape index (κ1) is 28.8. The second-order valence-corrected chi connectivity index (χ2v) is 9.09. The smallest absolute Gasteiger partial charge is 0.271 e. The van der Waals surface area contributed by atoms with Gasteiger partial charge < -0.3 is 24.3 Å². The maximum atomic E-state index is 12.5. The summed E-state index contributed by atoms with van der Waals surface area (Å²) in [4.78, 5) is 24.9. The molecule has 0 spiro atoms. The van der Waals surface area contributed by atoms with Crippen molar-refractivity contribution in [1.29, 1.82) is 0 Å². The molecule has 0 saturated heterocycles. The van der Waals surface area contributed by atoms with E-state index in [1.165, 1.54) is 20.4 Å². The van der Waals surface area contributed by atoms with E-state index in [2.05, 4.69) is 31.8 Å². The van der Waals surface area contributed by atoms with E-state index in [1.807, 2.05) is 19.9 Å². The third-order valence-electron chi connectivity index (χ3n) is 5.16. The molecular formula is C27H27BrClN3O6. The van der Waals surface area contributed by atoms with Crippen LogP contribution in [0, 0.1) is 6.92 Å². The Morgan fingerprint density at radius 1 is 1.00 bits per heavy atom. The first-order valence-corrected chi connectivity index (χ1v) is 12.6. The molecule has 11 heteroatoms. The lowest BCUT2D eigenvalue weighted by molar-refractivity contribution is -0.118. The fraction of sp³-hybridized carbons (Fsp3) is 0.222. The van der Waals surface area contributed by atoms with E-state index in [9.17, 15) is 9.59 Å². The number of benzene rings is 3. The molecular weight excluding hydrogens is 578 g/mol. The van der Waals surface area contributed by atoms with Gasteiger partial charge in [0.15, 0.2) is 29.6 Å². The first-order chi connectivity index (χ1) is 18.2. The summed E-state index contributed by atoms with van der Waals surface area (Å²) in [6, 6.07) is 13.5. The Hall–Kier alpha value is -3.76. The maximum absolute atomic E-state index is 12.5. The lowest BCUT2D eigenvalue weighted by Gasteiger charge is -2.14. The van der Waals surface area contributed by atoms with Crippen LogP contribution in [0.5, 0.6) is 23.0 Å². The molecule has 2 N–H and O–H groups in total. The molecule has 2 amide bonds. The van der Waals surface area contributed by atoms with E-state index >= 15 is 0 Å². The lowest BCUT2D eigenvalue weighted by Crippen LogP contribution is -2.20. The lowest BCUT2D eigenvalue weighted by atomic mass is 10.2. The zero-order valence-electron chi connectivity index (χ0n) is 21.3. The Balaban J connectivity index is 1.63. The number of carbonyl (C=O) groups is 2. The molecule has 200 valence electrons. The van der Waals surface area contributed by atoms with Crippen molar-refractivity contribution in [2.24, 2.45) is 5.10 Å². The van der Waals surface area contributed by atoms with Gasteiger partial charge in [0.05, 0.1) is 31.5 Å². The van der Waals surface area contributed by atoms with Crippen LogP contribution in [-0.2, 0) is 4.79 Å². The van der Waals surface area contributed by atoms with Gasteiger partial charge in [0.25, 0.3) is 11.8 Å². The first-order valence-electron chi connectivity index (χ1n) is 11.5. The number of ether oxygens (including phenoxy) is 4. The Morgan fingerprint density at radius 2 is 1.76 bits per heavy atom. The van der Waals surface area contributed by atoms with Crippen LogP contribution < -0.4 is 29.7 Å². The van der Waals surface area contributed by atoms with Crippen molar-refractivity contribution in [3.05, 3.63) is 74.7 Å². The number of amides is 2. The zero-order chi connectivity index (χ0) is 27.7. The molecule has 0 aliphatic carbocycles. The van der Waals surface area contributed by atoms with Crippen LogP contribution in [0.1, 0.15) is 28.4 Å². The topological polar surface area (TPSA) is 107 Å². The van der Waals surface area contributed by atoms with Gasteiger partial charge >= 0.3 is 0 Å². The van der Waals surface area contributed by atoms with E-state index in [0.29, 0.717) is 55.9 Å². The van der Waals surface area contributed by atoms with Crippen LogP contribution in [-0.4, -0.2) is 45.5 Å². The van der Waals surface area contributed by atoms with Crippen LogP contribution in [0.4, 0.5) is 5.69 Å². The summed E-state index contributed by atoms with van der Waals surface area (Å²) >= 11 is 9.55. The third-order valence-corrected chi connectivity index (χ3v) is 6.16. The zero-order valence-corrected chi connectivity index (χ0v) is 23.6. The highest BCUT2D eigenvalue weighted by Gasteiger charge is 2.14. The summed E-state index contributed by atoms with van der Waals surface area (Å²) in [7, 11) is 2.98. The van der Waals surface area contributed by atoms with Gasteiger partial charge in [-0.3, -0.25) is 9.59 Å². The Morgan fingerprint density at radius 3 is 2.45 bits per heavy atom. The average Bonchev–Trinajstić information content (AvgIpc) is 2.90. The number of rotatable bonds is 11. The summed E-state index contributed by atoms with van der Waals surface area (Å²) in [5.41, 5.74) is 4.93. The number of hydrogen-bond donors (Lipinski definition) is 2. The van der Waals surface area contributed by atoms with Gasteiger partial charge in [-0.25, -0.2) is 5.43 Å². The van der Waals surface area contributed by atoms with E-state index in [-0.39, 0.29) is 12.5 Å². The Labute approximate surface area is 234 Å². The molecule has 0 saturated carbocycles. The molecule has 0 aliphatic rings. The predicted molar refractivity (Wildman–Crippen MR) is 150 cm³/mol. The van der Waals surface area contributed by atoms with Crippen molar-refractivity contribution >= 4 is 51.2 Å². The van der Waals surface area contributed by atoms with Crippen molar-refractivity contribution in [3.8, 4) is 23.0 Å². The minimum atomic E-state index is -0.422. The molecule has 9 nitrogen and oxygen atoms in total. The average molecular weight is 605 g/mol. The van der Waals surface area contributed by atoms with Gasteiger partial charge in [0.2, 0.25) is 0 Å². The molecule has 3 aromatic rings. The highest BCUT2D eigenvalue weighted by atomic mass is 79.9. The van der Waals surface area contributed by atoms with E-state index < -0.39 is 5.91 Å². The normalized spacial score (nSPS) is 10.7. The number of aryl methyl sites for hydroxylation is 1. The number of nitrogens with zero attached hydrogens (tertiary/aromatic N) is 1. The van der Waals surface area contributed by atoms with Crippen LogP contribution in [0.15, 0.2) is 58.1 Å². The molecule has 0 atom stereocenters. The maximum Gasteiger partial charge on any atom is 0.271 e. The monoisotopic (exact) mass is 603 g/mol. The molecule has 0 heterocycles. The molecule has 3 aromatic carbocycles. The van der Waals surface area contributed by atoms with E-state index in [4.69, 9.17) is 30.5 Å². The molecule has 0 aliphatic heterocycles. The van der Waals surface area contributed by atoms with Gasteiger partial charge in [-0.15, -0.1) is 0 Å². The summed E-state index contributed by atoms with van der Waals surface area (Å²) in [5, 5.41) is 7.32. The molecule has 0 radical (unpaired) electrons. The minimum Gasteiger partial charge on any atom is -0.493 e. The van der Waals surface area contributed by atoms with Gasteiger partial charge in [0, 0.05) is 16.3 Å². The molecule has 0 fully saturated rings. The van der Waals surface area contributed by atoms with Gasteiger partial charge in [-0.05, 0) is 83.4 Å². The number of nitrogens with one attached hydrogen (secondary N) is 2. The summed E-state index contributed by atoms with van der Waals surface area (Å²) in [6.45, 7) is 3.96. The fourth-order valence-corrected chi connectivity index (χ4v) is 4.03. The molecule has 0 unspecified atom stereocenters. The number of carbonyl (C=O) groups excluding carboxylic acids is 2. The molecule has 3 rings (SSSR count). The number of hydrogen-bond acceptors (Lipinski definition) is 7. The molecule has 0 bridgehead atoms. The largest absolute Gasteiger partial charge is 0.493 e. The van der Waals surface area contributed by atoms with Crippen LogP contribution in [0.2, 0.25) is 5.02 Å².